The molecule has 0 radical (unpaired) electrons. The zero-order chi connectivity index (χ0) is 9.94. The molecule has 0 aliphatic heterocycles. The lowest BCUT2D eigenvalue weighted by atomic mass is 10.3. The second-order valence-electron chi connectivity index (χ2n) is 2.61. The maximum Gasteiger partial charge on any atom is 0.0635 e. The molecule has 0 fully saturated rings. The van der Waals surface area contributed by atoms with E-state index in [1.807, 2.05) is 0 Å². The van der Waals surface area contributed by atoms with Gasteiger partial charge in [-0.3, -0.25) is 9.89 Å². The smallest absolute Gasteiger partial charge is 0.0635 e. The van der Waals surface area contributed by atoms with Crippen molar-refractivity contribution in [2.45, 2.75) is 12.8 Å². The van der Waals surface area contributed by atoms with Crippen molar-refractivity contribution < 1.29 is 0 Å². The van der Waals surface area contributed by atoms with E-state index in [1.165, 1.54) is 0 Å². The summed E-state index contributed by atoms with van der Waals surface area (Å²) >= 11 is 0. The van der Waals surface area contributed by atoms with Gasteiger partial charge in [-0.05, 0) is 6.72 Å². The Balaban J connectivity index is 3.68. The first-order valence-electron chi connectivity index (χ1n) is 4.24. The zero-order valence-electron chi connectivity index (χ0n) is 7.74. The Bertz CT molecular complexity index is 193. The normalized spacial score (nSPS) is 9.15. The maximum absolute atomic E-state index is 8.39. The van der Waals surface area contributed by atoms with E-state index < -0.39 is 0 Å². The van der Waals surface area contributed by atoms with Gasteiger partial charge in [0.05, 0.1) is 18.7 Å². The van der Waals surface area contributed by atoms with Crippen LogP contribution >= 0.6 is 0 Å². The lowest BCUT2D eigenvalue weighted by molar-refractivity contribution is 0.295. The maximum atomic E-state index is 8.39. The quantitative estimate of drug-likeness (QED) is 0.542. The number of aliphatic imine (C=N–C) groups is 1. The van der Waals surface area contributed by atoms with Crippen LogP contribution in [-0.2, 0) is 0 Å². The van der Waals surface area contributed by atoms with E-state index in [0.29, 0.717) is 32.5 Å². The molecular weight excluding hydrogens is 164 g/mol. The summed E-state index contributed by atoms with van der Waals surface area (Å²) in [4.78, 5) is 5.79. The molecule has 0 rings (SSSR count). The van der Waals surface area contributed by atoms with Crippen molar-refractivity contribution in [3.05, 3.63) is 0 Å². The van der Waals surface area contributed by atoms with E-state index in [-0.39, 0.29) is 0 Å². The van der Waals surface area contributed by atoms with E-state index in [2.05, 4.69) is 28.7 Å². The number of hydrogen-bond acceptors (Lipinski definition) is 4. The lowest BCUT2D eigenvalue weighted by Crippen LogP contribution is -2.28. The number of nitrogens with zero attached hydrogens (tertiary/aromatic N) is 4. The molecule has 0 bridgehead atoms. The van der Waals surface area contributed by atoms with Crippen LogP contribution in [0.15, 0.2) is 4.99 Å². The zero-order valence-corrected chi connectivity index (χ0v) is 7.74. The van der Waals surface area contributed by atoms with Crippen molar-refractivity contribution in [3.63, 3.8) is 0 Å². The minimum Gasteiger partial charge on any atom is -0.300 e. The molecule has 0 atom stereocenters. The highest BCUT2D eigenvalue weighted by Gasteiger charge is 2.02. The van der Waals surface area contributed by atoms with Gasteiger partial charge >= 0.3 is 0 Å². The van der Waals surface area contributed by atoms with Crippen LogP contribution in [0.1, 0.15) is 12.8 Å². The molecule has 0 aliphatic rings. The summed E-state index contributed by atoms with van der Waals surface area (Å²) < 4.78 is 0. The fraction of sp³-hybridized carbons (Fsp3) is 0.667. The Morgan fingerprint density at radius 3 is 2.00 bits per heavy atom. The van der Waals surface area contributed by atoms with Crippen molar-refractivity contribution >= 4 is 6.72 Å². The summed E-state index contributed by atoms with van der Waals surface area (Å²) in [6, 6.07) is 4.16. The lowest BCUT2D eigenvalue weighted by Gasteiger charge is -2.17. The van der Waals surface area contributed by atoms with Gasteiger partial charge in [-0.2, -0.15) is 10.5 Å². The molecule has 13 heavy (non-hydrogen) atoms. The third kappa shape index (κ3) is 6.99. The average Bonchev–Trinajstić information content (AvgIpc) is 2.17. The monoisotopic (exact) mass is 178 g/mol. The predicted molar refractivity (Wildman–Crippen MR) is 51.3 cm³/mol. The van der Waals surface area contributed by atoms with E-state index in [1.54, 1.807) is 0 Å². The van der Waals surface area contributed by atoms with Gasteiger partial charge in [0, 0.05) is 32.5 Å². The van der Waals surface area contributed by atoms with Crippen LogP contribution in [-0.4, -0.2) is 37.8 Å². The fourth-order valence-electron chi connectivity index (χ4n) is 0.964. The van der Waals surface area contributed by atoms with Gasteiger partial charge in [0.2, 0.25) is 0 Å². The van der Waals surface area contributed by atoms with Crippen LogP contribution < -0.4 is 0 Å². The largest absolute Gasteiger partial charge is 0.300 e. The van der Waals surface area contributed by atoms with E-state index in [4.69, 9.17) is 10.5 Å². The van der Waals surface area contributed by atoms with Crippen LogP contribution in [0.4, 0.5) is 0 Å². The summed E-state index contributed by atoms with van der Waals surface area (Å²) in [5.74, 6) is 0. The highest BCUT2D eigenvalue weighted by Crippen LogP contribution is 1.93. The number of hydrogen-bond donors (Lipinski definition) is 0. The Labute approximate surface area is 79.1 Å². The second-order valence-corrected chi connectivity index (χ2v) is 2.61. The Kier molecular flexibility index (Phi) is 7.77. The molecule has 0 N–H and O–H groups in total. The van der Waals surface area contributed by atoms with Crippen LogP contribution in [0, 0.1) is 22.7 Å². The standard InChI is InChI=1S/C9H14N4/c1-12-6-9-13(7-2-4-10)8-3-5-11/h1-3,6-9H2. The summed E-state index contributed by atoms with van der Waals surface area (Å²) in [5.41, 5.74) is 0. The first-order valence-corrected chi connectivity index (χ1v) is 4.24. The summed E-state index contributed by atoms with van der Waals surface area (Å²) in [7, 11) is 0. The third-order valence-corrected chi connectivity index (χ3v) is 1.65. The molecule has 0 saturated heterocycles. The summed E-state index contributed by atoms with van der Waals surface area (Å²) in [6.07, 6.45) is 1.01. The first kappa shape index (κ1) is 11.6. The van der Waals surface area contributed by atoms with Gasteiger partial charge < -0.3 is 0 Å². The Hall–Kier alpha value is -1.39. The van der Waals surface area contributed by atoms with Crippen molar-refractivity contribution in [2.24, 2.45) is 4.99 Å². The minimum atomic E-state index is 0.503. The highest BCUT2D eigenvalue weighted by molar-refractivity contribution is 5.23. The molecule has 0 heterocycles. The van der Waals surface area contributed by atoms with Crippen molar-refractivity contribution in [2.75, 3.05) is 26.2 Å². The number of nitriles is 2. The van der Waals surface area contributed by atoms with Crippen LogP contribution in [0.5, 0.6) is 0 Å². The third-order valence-electron chi connectivity index (χ3n) is 1.65. The Morgan fingerprint density at radius 2 is 1.62 bits per heavy atom. The van der Waals surface area contributed by atoms with Gasteiger partial charge in [-0.25, -0.2) is 0 Å². The molecular formula is C9H14N4. The summed E-state index contributed by atoms with van der Waals surface area (Å²) in [5, 5.41) is 16.8. The van der Waals surface area contributed by atoms with Crippen LogP contribution in [0.2, 0.25) is 0 Å². The molecule has 4 heteroatoms. The Morgan fingerprint density at radius 1 is 1.08 bits per heavy atom. The molecule has 0 aromatic heterocycles. The molecule has 0 spiro atoms. The molecule has 70 valence electrons. The van der Waals surface area contributed by atoms with Crippen LogP contribution in [0.3, 0.4) is 0 Å². The van der Waals surface area contributed by atoms with Crippen molar-refractivity contribution in [1.29, 1.82) is 10.5 Å². The van der Waals surface area contributed by atoms with Gasteiger partial charge in [0.15, 0.2) is 0 Å². The summed E-state index contributed by atoms with van der Waals surface area (Å²) in [6.45, 7) is 6.27. The topological polar surface area (TPSA) is 63.2 Å². The fourth-order valence-corrected chi connectivity index (χ4v) is 0.964. The van der Waals surface area contributed by atoms with E-state index >= 15 is 0 Å². The highest BCUT2D eigenvalue weighted by atomic mass is 15.1. The molecule has 0 aliphatic carbocycles. The molecule has 0 amide bonds. The van der Waals surface area contributed by atoms with E-state index in [0.717, 1.165) is 6.54 Å². The van der Waals surface area contributed by atoms with Gasteiger partial charge in [0.25, 0.3) is 0 Å². The number of rotatable bonds is 7. The molecule has 0 aromatic rings. The predicted octanol–water partition coefficient (Wildman–Crippen LogP) is 0.816. The second kappa shape index (κ2) is 8.70. The first-order chi connectivity index (χ1) is 6.35. The van der Waals surface area contributed by atoms with Crippen molar-refractivity contribution in [1.82, 2.24) is 4.90 Å². The minimum absolute atomic E-state index is 0.503. The average molecular weight is 178 g/mol. The SMILES string of the molecule is C=NCCN(CCC#N)CCC#N. The van der Waals surface area contributed by atoms with Crippen LogP contribution in [0.25, 0.3) is 0 Å². The molecule has 4 nitrogen and oxygen atoms in total. The molecule has 0 aromatic carbocycles. The van der Waals surface area contributed by atoms with Crippen molar-refractivity contribution in [3.8, 4) is 12.1 Å². The van der Waals surface area contributed by atoms with E-state index in [9.17, 15) is 0 Å². The molecule has 0 saturated carbocycles. The van der Waals surface area contributed by atoms with Gasteiger partial charge in [-0.1, -0.05) is 0 Å². The van der Waals surface area contributed by atoms with Gasteiger partial charge in [-0.15, -0.1) is 0 Å². The molecule has 0 unspecified atom stereocenters. The van der Waals surface area contributed by atoms with Gasteiger partial charge in [0.1, 0.15) is 0 Å².